The maximum Gasteiger partial charge on any atom is 0.310 e. The Labute approximate surface area is 190 Å². The zero-order valence-electron chi connectivity index (χ0n) is 19.7. The van der Waals surface area contributed by atoms with Gasteiger partial charge in [-0.1, -0.05) is 34.1 Å². The zero-order chi connectivity index (χ0) is 25.9. The van der Waals surface area contributed by atoms with Crippen molar-refractivity contribution in [3.8, 4) is 0 Å². The molecule has 0 rings (SSSR count). The molecule has 0 aliphatic heterocycles. The van der Waals surface area contributed by atoms with Gasteiger partial charge in [0.1, 0.15) is 36.6 Å². The van der Waals surface area contributed by atoms with E-state index in [2.05, 4.69) is 6.92 Å². The number of hydrogen-bond donors (Lipinski definition) is 4. The minimum atomic E-state index is -1.03. The van der Waals surface area contributed by atoms with Gasteiger partial charge in [-0.15, -0.1) is 0 Å². The van der Waals surface area contributed by atoms with Gasteiger partial charge in [0.05, 0.1) is 0 Å². The van der Waals surface area contributed by atoms with Crippen molar-refractivity contribution in [2.45, 2.75) is 98.3 Å². The molecule has 0 spiro atoms. The molecule has 188 valence electrons. The van der Waals surface area contributed by atoms with Gasteiger partial charge < -0.3 is 20.4 Å². The van der Waals surface area contributed by atoms with Gasteiger partial charge in [-0.3, -0.25) is 28.8 Å². The lowest BCUT2D eigenvalue weighted by atomic mass is 10.2. The van der Waals surface area contributed by atoms with Gasteiger partial charge in [0.2, 0.25) is 0 Å². The highest BCUT2D eigenvalue weighted by Gasteiger charge is 2.05. The van der Waals surface area contributed by atoms with Crippen molar-refractivity contribution in [1.82, 2.24) is 0 Å². The van der Waals surface area contributed by atoms with E-state index >= 15 is 0 Å². The van der Waals surface area contributed by atoms with E-state index in [-0.39, 0.29) is 36.6 Å². The van der Waals surface area contributed by atoms with Crippen LogP contribution in [0.25, 0.3) is 0 Å². The van der Waals surface area contributed by atoms with Crippen LogP contribution in [0.15, 0.2) is 0 Å². The molecular weight excluding hydrogens is 424 g/mol. The van der Waals surface area contributed by atoms with Gasteiger partial charge in [0, 0.05) is 25.9 Å². The molecule has 0 aliphatic carbocycles. The fourth-order valence-corrected chi connectivity index (χ4v) is 1.77. The molecule has 10 heteroatoms. The van der Waals surface area contributed by atoms with Crippen LogP contribution in [0.1, 0.15) is 98.3 Å². The average molecular weight is 465 g/mol. The van der Waals surface area contributed by atoms with Gasteiger partial charge in [0.15, 0.2) is 0 Å². The second-order valence-corrected chi connectivity index (χ2v) is 6.65. The van der Waals surface area contributed by atoms with E-state index in [0.717, 1.165) is 32.1 Å². The Balaban J connectivity index is -0.000000167. The summed E-state index contributed by atoms with van der Waals surface area (Å²) in [5.41, 5.74) is 0. The van der Waals surface area contributed by atoms with Crippen LogP contribution in [-0.4, -0.2) is 62.3 Å². The van der Waals surface area contributed by atoms with E-state index in [0.29, 0.717) is 25.9 Å². The molecule has 0 fully saturated rings. The average Bonchev–Trinajstić information content (AvgIpc) is 2.62. The van der Waals surface area contributed by atoms with Gasteiger partial charge in [-0.2, -0.15) is 0 Å². The van der Waals surface area contributed by atoms with Crippen molar-refractivity contribution in [1.29, 1.82) is 0 Å². The summed E-state index contributed by atoms with van der Waals surface area (Å²) in [6, 6.07) is 0. The highest BCUT2D eigenvalue weighted by molar-refractivity contribution is 5.95. The molecule has 0 bridgehead atoms. The number of hydrogen-bond acceptors (Lipinski definition) is 7. The molecule has 32 heavy (non-hydrogen) atoms. The third-order valence-electron chi connectivity index (χ3n) is 3.14. The topological polar surface area (TPSA) is 183 Å². The number of aliphatic carboxylic acids is 3. The number of carboxylic acid groups (broad SMARTS) is 3. The molecule has 0 unspecified atom stereocenters. The molecule has 10 nitrogen and oxygen atoms in total. The first-order valence-corrected chi connectivity index (χ1v) is 10.7. The van der Waals surface area contributed by atoms with Crippen LogP contribution in [-0.2, 0) is 28.8 Å². The van der Waals surface area contributed by atoms with E-state index < -0.39 is 17.9 Å². The molecule has 0 amide bonds. The maximum absolute atomic E-state index is 10.5. The summed E-state index contributed by atoms with van der Waals surface area (Å²) in [5.74, 6) is -3.67. The lowest BCUT2D eigenvalue weighted by Crippen LogP contribution is -2.05. The molecule has 0 aromatic rings. The quantitative estimate of drug-likeness (QED) is 0.278. The molecule has 0 radical (unpaired) electrons. The molecule has 0 aromatic heterocycles. The summed E-state index contributed by atoms with van der Waals surface area (Å²) in [7, 11) is 0. The fraction of sp³-hybridized carbons (Fsp3) is 0.727. The monoisotopic (exact) mass is 464 g/mol. The number of Topliss-reactive ketones (excluding diaryl/α,β-unsaturated/α-hetero) is 3. The summed E-state index contributed by atoms with van der Waals surface area (Å²) in [6.45, 7) is 7.94. The van der Waals surface area contributed by atoms with Gasteiger partial charge >= 0.3 is 17.9 Å². The summed E-state index contributed by atoms with van der Waals surface area (Å²) in [4.78, 5) is 61.0. The predicted molar refractivity (Wildman–Crippen MR) is 118 cm³/mol. The van der Waals surface area contributed by atoms with E-state index in [1.807, 2.05) is 20.8 Å². The Morgan fingerprint density at radius 1 is 0.500 bits per heavy atom. The van der Waals surface area contributed by atoms with E-state index in [9.17, 15) is 28.8 Å². The first-order chi connectivity index (χ1) is 14.9. The summed E-state index contributed by atoms with van der Waals surface area (Å²) >= 11 is 0. The van der Waals surface area contributed by atoms with Crippen molar-refractivity contribution in [2.75, 3.05) is 6.61 Å². The minimum Gasteiger partial charge on any atom is -0.481 e. The van der Waals surface area contributed by atoms with Crippen LogP contribution < -0.4 is 0 Å². The van der Waals surface area contributed by atoms with Gasteiger partial charge in [0.25, 0.3) is 0 Å². The number of rotatable bonds is 14. The smallest absolute Gasteiger partial charge is 0.310 e. The summed E-state index contributed by atoms with van der Waals surface area (Å²) in [6.07, 6.45) is 4.39. The predicted octanol–water partition coefficient (Wildman–Crippen LogP) is 3.27. The van der Waals surface area contributed by atoms with Crippen LogP contribution in [0.2, 0.25) is 0 Å². The second kappa shape index (κ2) is 28.4. The van der Waals surface area contributed by atoms with Crippen LogP contribution in [0.5, 0.6) is 0 Å². The highest BCUT2D eigenvalue weighted by Crippen LogP contribution is 1.94. The second-order valence-electron chi connectivity index (χ2n) is 6.65. The molecule has 0 heterocycles. The first kappa shape index (κ1) is 36.7. The van der Waals surface area contributed by atoms with Crippen LogP contribution in [0.4, 0.5) is 0 Å². The number of aliphatic hydroxyl groups excluding tert-OH is 1. The van der Waals surface area contributed by atoms with Crippen LogP contribution >= 0.6 is 0 Å². The Bertz CT molecular complexity index is 468. The number of ketones is 3. The number of carbonyl (C=O) groups is 6. The fourth-order valence-electron chi connectivity index (χ4n) is 1.77. The van der Waals surface area contributed by atoms with Crippen molar-refractivity contribution >= 4 is 35.3 Å². The standard InChI is InChI=1S/3C6H10O3.C4H10O/c3*1-2-3-5(7)4-6(8)9;1-2-3-4-5/h3*2-4H2,1H3,(H,8,9);5H,2-4H2,1H3. The van der Waals surface area contributed by atoms with E-state index in [1.54, 1.807) is 0 Å². The summed E-state index contributed by atoms with van der Waals surface area (Å²) in [5, 5.41) is 32.3. The SMILES string of the molecule is CCCC(=O)CC(=O)O.CCCC(=O)CC(=O)O.CCCC(=O)CC(=O)O.CCCCO. The summed E-state index contributed by atoms with van der Waals surface area (Å²) < 4.78 is 0. The normalized spacial score (nSPS) is 8.91. The third kappa shape index (κ3) is 45.9. The van der Waals surface area contributed by atoms with Crippen molar-refractivity contribution in [3.05, 3.63) is 0 Å². The zero-order valence-corrected chi connectivity index (χ0v) is 19.7. The number of aliphatic hydroxyl groups is 1. The van der Waals surface area contributed by atoms with E-state index in [1.165, 1.54) is 0 Å². The van der Waals surface area contributed by atoms with Crippen molar-refractivity contribution in [2.24, 2.45) is 0 Å². The highest BCUT2D eigenvalue weighted by atomic mass is 16.4. The third-order valence-corrected chi connectivity index (χ3v) is 3.14. The largest absolute Gasteiger partial charge is 0.481 e. The molecule has 0 saturated carbocycles. The first-order valence-electron chi connectivity index (χ1n) is 10.7. The Kier molecular flexibility index (Phi) is 32.6. The molecule has 4 N–H and O–H groups in total. The van der Waals surface area contributed by atoms with Crippen LogP contribution in [0, 0.1) is 0 Å². The van der Waals surface area contributed by atoms with Gasteiger partial charge in [-0.05, 0) is 25.7 Å². The molecular formula is C22H40O10. The van der Waals surface area contributed by atoms with Gasteiger partial charge in [-0.25, -0.2) is 0 Å². The minimum absolute atomic E-state index is 0.190. The van der Waals surface area contributed by atoms with Crippen molar-refractivity contribution in [3.63, 3.8) is 0 Å². The number of carboxylic acids is 3. The molecule has 0 aliphatic rings. The van der Waals surface area contributed by atoms with Crippen molar-refractivity contribution < 1.29 is 49.2 Å². The Morgan fingerprint density at radius 2 is 0.750 bits per heavy atom. The molecule has 0 saturated heterocycles. The lowest BCUT2D eigenvalue weighted by Gasteiger charge is -1.90. The van der Waals surface area contributed by atoms with E-state index in [4.69, 9.17) is 20.4 Å². The van der Waals surface area contributed by atoms with Crippen LogP contribution in [0.3, 0.4) is 0 Å². The molecule has 0 aromatic carbocycles. The Morgan fingerprint density at radius 3 is 0.844 bits per heavy atom. The lowest BCUT2D eigenvalue weighted by molar-refractivity contribution is -0.141. The maximum atomic E-state index is 10.5. The molecule has 0 atom stereocenters. The number of carbonyl (C=O) groups excluding carboxylic acids is 3. The number of unbranched alkanes of at least 4 members (excludes halogenated alkanes) is 1. The Hall–Kier alpha value is -2.62.